The first-order chi connectivity index (χ1) is 6.15. The fourth-order valence-corrected chi connectivity index (χ4v) is 1.55. The molecular formula is C13H16. The van der Waals surface area contributed by atoms with Gasteiger partial charge in [-0.05, 0) is 43.0 Å². The van der Waals surface area contributed by atoms with Crippen molar-refractivity contribution in [2.24, 2.45) is 0 Å². The van der Waals surface area contributed by atoms with Gasteiger partial charge >= 0.3 is 0 Å². The van der Waals surface area contributed by atoms with Crippen LogP contribution in [0.3, 0.4) is 0 Å². The van der Waals surface area contributed by atoms with Crippen LogP contribution in [0.5, 0.6) is 0 Å². The van der Waals surface area contributed by atoms with E-state index in [0.29, 0.717) is 5.92 Å². The molecule has 0 aliphatic carbocycles. The Hall–Kier alpha value is -1.22. The number of aryl methyl sites for hydroxylation is 1. The van der Waals surface area contributed by atoms with Gasteiger partial charge < -0.3 is 0 Å². The lowest BCUT2D eigenvalue weighted by molar-refractivity contribution is 0.856. The molecule has 0 saturated heterocycles. The van der Waals surface area contributed by atoms with Crippen molar-refractivity contribution in [1.29, 1.82) is 0 Å². The molecule has 68 valence electrons. The van der Waals surface area contributed by atoms with Gasteiger partial charge in [0.2, 0.25) is 0 Å². The summed E-state index contributed by atoms with van der Waals surface area (Å²) in [5.41, 5.74) is 3.88. The SMILES string of the molecule is CC#Cc1ccc(C(C)C)c(C)c1. The number of benzene rings is 1. The normalized spacial score (nSPS) is 9.62. The van der Waals surface area contributed by atoms with E-state index in [2.05, 4.69) is 50.8 Å². The zero-order chi connectivity index (χ0) is 9.84. The Morgan fingerprint density at radius 2 is 1.92 bits per heavy atom. The summed E-state index contributed by atoms with van der Waals surface area (Å²) >= 11 is 0. The van der Waals surface area contributed by atoms with Gasteiger partial charge in [0, 0.05) is 5.56 Å². The summed E-state index contributed by atoms with van der Waals surface area (Å²) in [7, 11) is 0. The van der Waals surface area contributed by atoms with Gasteiger partial charge in [0.25, 0.3) is 0 Å². The minimum absolute atomic E-state index is 0.601. The van der Waals surface area contributed by atoms with Crippen LogP contribution in [0.25, 0.3) is 0 Å². The molecule has 1 rings (SSSR count). The van der Waals surface area contributed by atoms with Crippen molar-refractivity contribution in [3.63, 3.8) is 0 Å². The lowest BCUT2D eigenvalue weighted by atomic mass is 9.96. The molecule has 0 amide bonds. The third kappa shape index (κ3) is 2.36. The molecule has 1 aromatic rings. The van der Waals surface area contributed by atoms with Crippen LogP contribution in [0.4, 0.5) is 0 Å². The number of hydrogen-bond donors (Lipinski definition) is 0. The first kappa shape index (κ1) is 9.86. The first-order valence-corrected chi connectivity index (χ1v) is 4.68. The Bertz CT molecular complexity index is 348. The average molecular weight is 172 g/mol. The van der Waals surface area contributed by atoms with E-state index in [1.54, 1.807) is 0 Å². The highest BCUT2D eigenvalue weighted by atomic mass is 14.1. The van der Waals surface area contributed by atoms with E-state index in [0.717, 1.165) is 5.56 Å². The smallest absolute Gasteiger partial charge is 0.0247 e. The minimum atomic E-state index is 0.601. The standard InChI is InChI=1S/C13H16/c1-5-6-12-7-8-13(10(2)3)11(4)9-12/h7-10H,1-4H3. The van der Waals surface area contributed by atoms with Gasteiger partial charge in [-0.2, -0.15) is 0 Å². The summed E-state index contributed by atoms with van der Waals surface area (Å²) in [6.45, 7) is 8.45. The Morgan fingerprint density at radius 3 is 2.38 bits per heavy atom. The Morgan fingerprint density at radius 1 is 1.23 bits per heavy atom. The van der Waals surface area contributed by atoms with E-state index in [1.165, 1.54) is 11.1 Å². The minimum Gasteiger partial charge on any atom is -0.101 e. The van der Waals surface area contributed by atoms with Crippen LogP contribution in [0, 0.1) is 18.8 Å². The maximum absolute atomic E-state index is 3.06. The molecule has 0 atom stereocenters. The third-order valence-corrected chi connectivity index (χ3v) is 2.16. The lowest BCUT2D eigenvalue weighted by Gasteiger charge is -2.09. The first-order valence-electron chi connectivity index (χ1n) is 4.68. The van der Waals surface area contributed by atoms with Crippen LogP contribution < -0.4 is 0 Å². The number of hydrogen-bond acceptors (Lipinski definition) is 0. The van der Waals surface area contributed by atoms with E-state index < -0.39 is 0 Å². The van der Waals surface area contributed by atoms with Gasteiger partial charge in [-0.15, -0.1) is 5.92 Å². The van der Waals surface area contributed by atoms with Gasteiger partial charge in [-0.25, -0.2) is 0 Å². The molecule has 0 heterocycles. The second-order valence-electron chi connectivity index (χ2n) is 3.60. The Labute approximate surface area is 81.0 Å². The summed E-state index contributed by atoms with van der Waals surface area (Å²) in [5, 5.41) is 0. The Kier molecular flexibility index (Phi) is 3.14. The van der Waals surface area contributed by atoms with Crippen molar-refractivity contribution >= 4 is 0 Å². The monoisotopic (exact) mass is 172 g/mol. The van der Waals surface area contributed by atoms with E-state index in [9.17, 15) is 0 Å². The van der Waals surface area contributed by atoms with Crippen molar-refractivity contribution in [3.05, 3.63) is 34.9 Å². The molecule has 0 spiro atoms. The molecule has 1 aromatic carbocycles. The summed E-state index contributed by atoms with van der Waals surface area (Å²) < 4.78 is 0. The summed E-state index contributed by atoms with van der Waals surface area (Å²) in [6, 6.07) is 6.43. The zero-order valence-corrected chi connectivity index (χ0v) is 8.81. The second-order valence-corrected chi connectivity index (χ2v) is 3.60. The summed E-state index contributed by atoms with van der Waals surface area (Å²) in [4.78, 5) is 0. The van der Waals surface area contributed by atoms with Crippen LogP contribution in [0.15, 0.2) is 18.2 Å². The maximum Gasteiger partial charge on any atom is 0.0247 e. The largest absolute Gasteiger partial charge is 0.101 e. The summed E-state index contributed by atoms with van der Waals surface area (Å²) in [6.07, 6.45) is 0. The van der Waals surface area contributed by atoms with E-state index in [1.807, 2.05) is 6.92 Å². The molecule has 0 fully saturated rings. The van der Waals surface area contributed by atoms with Crippen molar-refractivity contribution in [3.8, 4) is 11.8 Å². The topological polar surface area (TPSA) is 0 Å². The van der Waals surface area contributed by atoms with Gasteiger partial charge in [-0.3, -0.25) is 0 Å². The molecular weight excluding hydrogens is 156 g/mol. The second kappa shape index (κ2) is 4.14. The van der Waals surface area contributed by atoms with Crippen molar-refractivity contribution in [2.45, 2.75) is 33.6 Å². The van der Waals surface area contributed by atoms with E-state index in [4.69, 9.17) is 0 Å². The molecule has 0 nitrogen and oxygen atoms in total. The van der Waals surface area contributed by atoms with Crippen LogP contribution in [-0.2, 0) is 0 Å². The quantitative estimate of drug-likeness (QED) is 0.569. The molecule has 0 saturated carbocycles. The van der Waals surface area contributed by atoms with Gasteiger partial charge in [0.05, 0.1) is 0 Å². The molecule has 0 bridgehead atoms. The van der Waals surface area contributed by atoms with E-state index in [-0.39, 0.29) is 0 Å². The van der Waals surface area contributed by atoms with Crippen molar-refractivity contribution in [1.82, 2.24) is 0 Å². The highest BCUT2D eigenvalue weighted by Crippen LogP contribution is 2.19. The van der Waals surface area contributed by atoms with Gasteiger partial charge in [0.1, 0.15) is 0 Å². The third-order valence-electron chi connectivity index (χ3n) is 2.16. The Balaban J connectivity index is 3.10. The highest BCUT2D eigenvalue weighted by molar-refractivity contribution is 5.41. The molecule has 13 heavy (non-hydrogen) atoms. The molecule has 0 aliphatic rings. The predicted molar refractivity (Wildman–Crippen MR) is 57.8 cm³/mol. The molecule has 0 aromatic heterocycles. The van der Waals surface area contributed by atoms with Crippen LogP contribution in [0.1, 0.15) is 43.4 Å². The molecule has 0 radical (unpaired) electrons. The molecule has 0 unspecified atom stereocenters. The maximum atomic E-state index is 3.06. The molecule has 0 N–H and O–H groups in total. The van der Waals surface area contributed by atoms with Gasteiger partial charge in [-0.1, -0.05) is 25.8 Å². The molecule has 0 aliphatic heterocycles. The zero-order valence-electron chi connectivity index (χ0n) is 8.81. The fourth-order valence-electron chi connectivity index (χ4n) is 1.55. The fraction of sp³-hybridized carbons (Fsp3) is 0.385. The van der Waals surface area contributed by atoms with Crippen LogP contribution >= 0.6 is 0 Å². The van der Waals surface area contributed by atoms with Crippen LogP contribution in [0.2, 0.25) is 0 Å². The van der Waals surface area contributed by atoms with Gasteiger partial charge in [0.15, 0.2) is 0 Å². The highest BCUT2D eigenvalue weighted by Gasteiger charge is 2.02. The number of rotatable bonds is 1. The van der Waals surface area contributed by atoms with Crippen LogP contribution in [-0.4, -0.2) is 0 Å². The molecule has 0 heteroatoms. The predicted octanol–water partition coefficient (Wildman–Crippen LogP) is 3.49. The van der Waals surface area contributed by atoms with Crippen molar-refractivity contribution < 1.29 is 0 Å². The average Bonchev–Trinajstić information content (AvgIpc) is 2.04. The lowest BCUT2D eigenvalue weighted by Crippen LogP contribution is -1.92. The van der Waals surface area contributed by atoms with Crippen molar-refractivity contribution in [2.75, 3.05) is 0 Å². The summed E-state index contributed by atoms with van der Waals surface area (Å²) in [5.74, 6) is 6.57. The van der Waals surface area contributed by atoms with E-state index >= 15 is 0 Å².